The molecule has 0 aromatic heterocycles. The first-order valence-corrected chi connectivity index (χ1v) is 4.79. The zero-order valence-corrected chi connectivity index (χ0v) is 9.44. The van der Waals surface area contributed by atoms with Crippen LogP contribution in [-0.2, 0) is 19.1 Å². The average molecular weight is 212 g/mol. The fourth-order valence-corrected chi connectivity index (χ4v) is 1.86. The molecular formula is C11H16O4. The van der Waals surface area contributed by atoms with Gasteiger partial charge in [-0.15, -0.1) is 0 Å². The number of ether oxygens (including phenoxy) is 2. The van der Waals surface area contributed by atoms with Crippen LogP contribution in [-0.4, -0.2) is 26.2 Å². The third-order valence-corrected chi connectivity index (χ3v) is 3.01. The second-order valence-electron chi connectivity index (χ2n) is 4.23. The fourth-order valence-electron chi connectivity index (χ4n) is 1.86. The second kappa shape index (κ2) is 4.04. The minimum atomic E-state index is -0.402. The molecule has 1 aliphatic carbocycles. The van der Waals surface area contributed by atoms with Gasteiger partial charge in [0.25, 0.3) is 0 Å². The number of methoxy groups -OCH3 is 2. The van der Waals surface area contributed by atoms with Crippen molar-refractivity contribution in [2.45, 2.75) is 13.8 Å². The van der Waals surface area contributed by atoms with Crippen molar-refractivity contribution < 1.29 is 19.1 Å². The van der Waals surface area contributed by atoms with Crippen LogP contribution in [0.15, 0.2) is 12.2 Å². The van der Waals surface area contributed by atoms with Crippen LogP contribution >= 0.6 is 0 Å². The van der Waals surface area contributed by atoms with Gasteiger partial charge in [0.1, 0.15) is 0 Å². The predicted molar refractivity (Wildman–Crippen MR) is 53.9 cm³/mol. The van der Waals surface area contributed by atoms with Crippen molar-refractivity contribution in [3.63, 3.8) is 0 Å². The van der Waals surface area contributed by atoms with E-state index in [1.54, 1.807) is 6.08 Å². The van der Waals surface area contributed by atoms with Gasteiger partial charge in [0.05, 0.1) is 20.1 Å². The molecule has 0 unspecified atom stereocenters. The monoisotopic (exact) mass is 212 g/mol. The summed E-state index contributed by atoms with van der Waals surface area (Å²) in [4.78, 5) is 22.2. The SMILES string of the molecule is COC(=O)/C=C\[C@H]1[C@@H](C(=O)OC)C1(C)C. The van der Waals surface area contributed by atoms with Gasteiger partial charge in [-0.05, 0) is 11.3 Å². The summed E-state index contributed by atoms with van der Waals surface area (Å²) in [7, 11) is 2.69. The Balaban J connectivity index is 2.63. The van der Waals surface area contributed by atoms with Gasteiger partial charge >= 0.3 is 11.9 Å². The summed E-state index contributed by atoms with van der Waals surface area (Å²) in [6.45, 7) is 3.95. The molecule has 1 fully saturated rings. The molecule has 15 heavy (non-hydrogen) atoms. The molecule has 0 aliphatic heterocycles. The highest BCUT2D eigenvalue weighted by Crippen LogP contribution is 2.59. The lowest BCUT2D eigenvalue weighted by atomic mass is 10.1. The topological polar surface area (TPSA) is 52.6 Å². The lowest BCUT2D eigenvalue weighted by molar-refractivity contribution is -0.143. The lowest BCUT2D eigenvalue weighted by Gasteiger charge is -1.98. The Labute approximate surface area is 89.2 Å². The predicted octanol–water partition coefficient (Wildman–Crippen LogP) is 1.16. The molecule has 0 aromatic carbocycles. The Bertz CT molecular complexity index is 304. The number of allylic oxidation sites excluding steroid dienone is 1. The zero-order chi connectivity index (χ0) is 11.6. The quantitative estimate of drug-likeness (QED) is 0.520. The van der Waals surface area contributed by atoms with Crippen molar-refractivity contribution in [2.75, 3.05) is 14.2 Å². The van der Waals surface area contributed by atoms with Gasteiger partial charge in [0, 0.05) is 6.08 Å². The van der Waals surface area contributed by atoms with E-state index < -0.39 is 5.97 Å². The van der Waals surface area contributed by atoms with Crippen molar-refractivity contribution in [3.05, 3.63) is 12.2 Å². The summed E-state index contributed by atoms with van der Waals surface area (Å²) in [5, 5.41) is 0. The maximum absolute atomic E-state index is 11.3. The van der Waals surface area contributed by atoms with Gasteiger partial charge < -0.3 is 9.47 Å². The number of esters is 2. The molecular weight excluding hydrogens is 196 g/mol. The van der Waals surface area contributed by atoms with Crippen LogP contribution in [0, 0.1) is 17.3 Å². The number of carbonyl (C=O) groups excluding carboxylic acids is 2. The van der Waals surface area contributed by atoms with Gasteiger partial charge in [-0.25, -0.2) is 4.79 Å². The first kappa shape index (κ1) is 11.8. The molecule has 4 heteroatoms. The molecule has 4 nitrogen and oxygen atoms in total. The highest BCUT2D eigenvalue weighted by molar-refractivity contribution is 5.83. The highest BCUT2D eigenvalue weighted by atomic mass is 16.5. The van der Waals surface area contributed by atoms with Gasteiger partial charge in [0.2, 0.25) is 0 Å². The summed E-state index contributed by atoms with van der Waals surface area (Å²) >= 11 is 0. The first-order valence-electron chi connectivity index (χ1n) is 4.79. The summed E-state index contributed by atoms with van der Waals surface area (Å²) in [5.41, 5.74) is -0.127. The summed E-state index contributed by atoms with van der Waals surface area (Å²) < 4.78 is 9.16. The van der Waals surface area contributed by atoms with Gasteiger partial charge in [-0.2, -0.15) is 0 Å². The first-order chi connectivity index (χ1) is 6.95. The molecule has 0 aromatic rings. The van der Waals surface area contributed by atoms with Crippen LogP contribution in [0.4, 0.5) is 0 Å². The fraction of sp³-hybridized carbons (Fsp3) is 0.636. The Morgan fingerprint density at radius 2 is 1.80 bits per heavy atom. The van der Waals surface area contributed by atoms with E-state index in [1.165, 1.54) is 20.3 Å². The second-order valence-corrected chi connectivity index (χ2v) is 4.23. The number of hydrogen-bond acceptors (Lipinski definition) is 4. The molecule has 0 radical (unpaired) electrons. The van der Waals surface area contributed by atoms with Crippen molar-refractivity contribution in [1.82, 2.24) is 0 Å². The smallest absolute Gasteiger partial charge is 0.330 e. The van der Waals surface area contributed by atoms with E-state index in [0.717, 1.165) is 0 Å². The Morgan fingerprint density at radius 3 is 2.27 bits per heavy atom. The molecule has 0 saturated heterocycles. The standard InChI is InChI=1S/C11H16O4/c1-11(2)7(5-6-8(12)14-3)9(11)10(13)15-4/h5-7,9H,1-4H3/b6-5-/t7-,9-/m0/s1. The zero-order valence-electron chi connectivity index (χ0n) is 9.44. The van der Waals surface area contributed by atoms with Crippen LogP contribution in [0.25, 0.3) is 0 Å². The number of rotatable bonds is 3. The molecule has 1 saturated carbocycles. The molecule has 84 valence electrons. The average Bonchev–Trinajstić information content (AvgIpc) is 2.75. The molecule has 0 bridgehead atoms. The van der Waals surface area contributed by atoms with Gasteiger partial charge in [-0.3, -0.25) is 4.79 Å². The Hall–Kier alpha value is -1.32. The van der Waals surface area contributed by atoms with Crippen LogP contribution < -0.4 is 0 Å². The molecule has 2 atom stereocenters. The van der Waals surface area contributed by atoms with Gasteiger partial charge in [0.15, 0.2) is 0 Å². The summed E-state index contributed by atoms with van der Waals surface area (Å²) in [6.07, 6.45) is 3.07. The van der Waals surface area contributed by atoms with E-state index in [2.05, 4.69) is 9.47 Å². The Morgan fingerprint density at radius 1 is 1.20 bits per heavy atom. The molecule has 0 heterocycles. The maximum Gasteiger partial charge on any atom is 0.330 e. The maximum atomic E-state index is 11.3. The molecule has 0 amide bonds. The number of carbonyl (C=O) groups is 2. The van der Waals surface area contributed by atoms with E-state index in [1.807, 2.05) is 13.8 Å². The third-order valence-electron chi connectivity index (χ3n) is 3.01. The minimum absolute atomic E-state index is 0.0593. The van der Waals surface area contributed by atoms with Crippen LogP contribution in [0.1, 0.15) is 13.8 Å². The van der Waals surface area contributed by atoms with Crippen molar-refractivity contribution >= 4 is 11.9 Å². The van der Waals surface area contributed by atoms with Crippen molar-refractivity contribution in [3.8, 4) is 0 Å². The van der Waals surface area contributed by atoms with E-state index in [4.69, 9.17) is 0 Å². The Kier molecular flexibility index (Phi) is 3.17. The number of hydrogen-bond donors (Lipinski definition) is 0. The van der Waals surface area contributed by atoms with Crippen molar-refractivity contribution in [2.24, 2.45) is 17.3 Å². The van der Waals surface area contributed by atoms with E-state index >= 15 is 0 Å². The van der Waals surface area contributed by atoms with Crippen LogP contribution in [0.5, 0.6) is 0 Å². The highest BCUT2D eigenvalue weighted by Gasteiger charge is 2.61. The van der Waals surface area contributed by atoms with Crippen molar-refractivity contribution in [1.29, 1.82) is 0 Å². The van der Waals surface area contributed by atoms with Crippen LogP contribution in [0.2, 0.25) is 0 Å². The molecule has 1 aliphatic rings. The van der Waals surface area contributed by atoms with Gasteiger partial charge in [-0.1, -0.05) is 19.9 Å². The summed E-state index contributed by atoms with van der Waals surface area (Å²) in [6, 6.07) is 0. The summed E-state index contributed by atoms with van der Waals surface area (Å²) in [5.74, 6) is -0.715. The minimum Gasteiger partial charge on any atom is -0.469 e. The van der Waals surface area contributed by atoms with E-state index in [0.29, 0.717) is 0 Å². The van der Waals surface area contributed by atoms with E-state index in [9.17, 15) is 9.59 Å². The molecule has 1 rings (SSSR count). The molecule has 0 N–H and O–H groups in total. The third kappa shape index (κ3) is 2.19. The normalized spacial score (nSPS) is 27.5. The lowest BCUT2D eigenvalue weighted by Crippen LogP contribution is -2.07. The molecule has 0 spiro atoms. The largest absolute Gasteiger partial charge is 0.469 e. The van der Waals surface area contributed by atoms with Crippen LogP contribution in [0.3, 0.4) is 0 Å². The van der Waals surface area contributed by atoms with E-state index in [-0.39, 0.29) is 23.2 Å².